The zero-order valence-electron chi connectivity index (χ0n) is 78.2. The number of rotatable bonds is 5. The van der Waals surface area contributed by atoms with E-state index >= 15 is 0 Å². The minimum absolute atomic E-state index is 0.126. The van der Waals surface area contributed by atoms with Crippen molar-refractivity contribution in [2.45, 2.75) is 218 Å². The summed E-state index contributed by atoms with van der Waals surface area (Å²) in [5.74, 6) is 8.48. The summed E-state index contributed by atoms with van der Waals surface area (Å²) >= 11 is 0. The third-order valence-electron chi connectivity index (χ3n) is 29.5. The van der Waals surface area contributed by atoms with Crippen LogP contribution in [0.5, 0.6) is 92.0 Å². The van der Waals surface area contributed by atoms with E-state index in [1.165, 1.54) is 38.8 Å². The Hall–Kier alpha value is -13.1. The number of benzene rings is 14. The maximum Gasteiger partial charge on any atom is 0.135 e. The number of phenolic OH excluding ortho intramolecular Hbond substituents is 8. The Morgan fingerprint density at radius 1 is 0.175 bits per heavy atom. The van der Waals surface area contributed by atoms with Crippen LogP contribution in [0.3, 0.4) is 0 Å². The van der Waals surface area contributed by atoms with Crippen LogP contribution in [0, 0.1) is 194 Å². The lowest BCUT2D eigenvalue weighted by molar-refractivity contribution is 0.422. The fraction of sp³-hybridized carbons (Fsp3) is 0.281. The van der Waals surface area contributed by atoms with Crippen molar-refractivity contribution in [1.29, 1.82) is 0 Å². The smallest absolute Gasteiger partial charge is 0.135 e. The highest BCUT2D eigenvalue weighted by Gasteiger charge is 2.43. The van der Waals surface area contributed by atoms with E-state index < -0.39 is 0 Å². The quantitative estimate of drug-likeness (QED) is 0.0813. The predicted octanol–water partition coefficient (Wildman–Crippen LogP) is 29.0. The average molecular weight is 1680 g/mol. The third-order valence-corrected chi connectivity index (χ3v) is 29.5. The van der Waals surface area contributed by atoms with Crippen molar-refractivity contribution in [3.8, 4) is 103 Å². The second-order valence-electron chi connectivity index (χ2n) is 36.1. The van der Waals surface area contributed by atoms with Gasteiger partial charge in [-0.15, -0.1) is 0 Å². The van der Waals surface area contributed by atoms with Crippen LogP contribution in [0.2, 0.25) is 0 Å². The molecule has 0 fully saturated rings. The minimum Gasteiger partial charge on any atom is -0.507 e. The number of aryl methyl sites for hydroxylation is 3. The van der Waals surface area contributed by atoms with E-state index in [0.29, 0.717) is 46.0 Å². The van der Waals surface area contributed by atoms with Crippen molar-refractivity contribution >= 4 is 10.8 Å². The Bertz CT molecular complexity index is 6670. The van der Waals surface area contributed by atoms with E-state index in [2.05, 4.69) is 131 Å². The summed E-state index contributed by atoms with van der Waals surface area (Å²) in [6.07, 6.45) is 0. The molecular weight excluding hydrogens is 1560 g/mol. The molecule has 0 amide bonds. The van der Waals surface area contributed by atoms with Gasteiger partial charge >= 0.3 is 0 Å². The molecule has 0 atom stereocenters. The van der Waals surface area contributed by atoms with Gasteiger partial charge in [0.2, 0.25) is 0 Å². The number of hydrogen-bond donors (Lipinski definition) is 8. The number of fused-ring (bicyclic) bond motifs is 9. The summed E-state index contributed by atoms with van der Waals surface area (Å²) in [6.45, 7) is 55.7. The first kappa shape index (κ1) is 87.8. The largest absolute Gasteiger partial charge is 0.507 e. The Kier molecular flexibility index (Phi) is 22.9. The molecule has 0 radical (unpaired) electrons. The summed E-state index contributed by atoms with van der Waals surface area (Å²) in [5, 5.41) is 89.7. The summed E-state index contributed by atoms with van der Waals surface area (Å²) in [6, 6.07) is 46.6. The normalized spacial score (nSPS) is 13.0. The van der Waals surface area contributed by atoms with Crippen LogP contribution < -0.4 is 18.9 Å². The van der Waals surface area contributed by atoms with Gasteiger partial charge in [-0.1, -0.05) is 133 Å². The molecule has 4 aliphatic rings. The topological polar surface area (TPSA) is 199 Å². The first-order valence-corrected chi connectivity index (χ1v) is 43.7. The molecule has 0 bridgehead atoms. The SMILES string of the molecule is Cc1c(C)c2c(c(C)c1O)C(c1ccc(-c3ccccc3)cc1)c1c(C)c(O)c(C)c(C)c1O2.Cc1c(C)c2c(c(C)c1O)C(c1ccc3ccccc3c1)c1c(C)c(O)c(C)c(C)c1O2.Cc1ccc(C2c3c(C)c(O)c(C)c(C)c3Oc3c(C)c(C)c(O)c(C)c32)cc1C.Cc1cccc(C2c3c(C)c(O)c(C)c(C)c3Oc3c(C)c(C)c(O)c(C)c32)c1C. The molecule has 4 heterocycles. The van der Waals surface area contributed by atoms with E-state index in [4.69, 9.17) is 18.9 Å². The molecule has 14 aromatic rings. The van der Waals surface area contributed by atoms with E-state index in [-0.39, 0.29) is 23.7 Å². The maximum absolute atomic E-state index is 11.0. The summed E-state index contributed by atoms with van der Waals surface area (Å²) in [5.41, 5.74) is 40.5. The highest BCUT2D eigenvalue weighted by atomic mass is 16.5. The van der Waals surface area contributed by atoms with Gasteiger partial charge in [0, 0.05) is 68.2 Å². The van der Waals surface area contributed by atoms with Gasteiger partial charge in [-0.2, -0.15) is 0 Å². The monoisotopic (exact) mass is 1680 g/mol. The molecule has 8 N–H and O–H groups in total. The van der Waals surface area contributed by atoms with Crippen LogP contribution >= 0.6 is 0 Å². The van der Waals surface area contributed by atoms with Crippen molar-refractivity contribution < 1.29 is 59.8 Å². The lowest BCUT2D eigenvalue weighted by atomic mass is 9.74. The van der Waals surface area contributed by atoms with Gasteiger partial charge in [-0.3, -0.25) is 0 Å². The van der Waals surface area contributed by atoms with E-state index in [1.54, 1.807) is 0 Å². The van der Waals surface area contributed by atoms with Gasteiger partial charge in [-0.05, 0) is 394 Å². The number of phenols is 8. The summed E-state index contributed by atoms with van der Waals surface area (Å²) in [4.78, 5) is 0. The first-order valence-electron chi connectivity index (χ1n) is 43.7. The number of ether oxygens (including phenoxy) is 4. The zero-order valence-corrected chi connectivity index (χ0v) is 78.2. The van der Waals surface area contributed by atoms with Crippen molar-refractivity contribution in [2.24, 2.45) is 0 Å². The molecule has 0 spiro atoms. The predicted molar refractivity (Wildman–Crippen MR) is 510 cm³/mol. The molecule has 0 unspecified atom stereocenters. The minimum atomic E-state index is -0.168. The number of hydrogen-bond acceptors (Lipinski definition) is 12. The molecule has 0 aromatic heterocycles. The van der Waals surface area contributed by atoms with Gasteiger partial charge in [0.25, 0.3) is 0 Å². The highest BCUT2D eigenvalue weighted by Crippen LogP contribution is 2.63. The molecule has 126 heavy (non-hydrogen) atoms. The van der Waals surface area contributed by atoms with Crippen LogP contribution in [0.4, 0.5) is 0 Å². The molecule has 0 saturated heterocycles. The van der Waals surface area contributed by atoms with E-state index in [1.807, 2.05) is 197 Å². The fourth-order valence-electron chi connectivity index (χ4n) is 20.1. The lowest BCUT2D eigenvalue weighted by Crippen LogP contribution is -2.18. The molecule has 12 nitrogen and oxygen atoms in total. The first-order chi connectivity index (χ1) is 59.6. The van der Waals surface area contributed by atoms with Crippen molar-refractivity contribution in [1.82, 2.24) is 0 Å². The Labute approximate surface area is 742 Å². The molecule has 0 aliphatic carbocycles. The lowest BCUT2D eigenvalue weighted by Gasteiger charge is -2.36. The molecule has 14 aromatic carbocycles. The van der Waals surface area contributed by atoms with Crippen LogP contribution in [-0.2, 0) is 0 Å². The summed E-state index contributed by atoms with van der Waals surface area (Å²) in [7, 11) is 0. The molecular formula is C114H118O12. The van der Waals surface area contributed by atoms with E-state index in [9.17, 15) is 40.9 Å². The number of aromatic hydroxyl groups is 8. The zero-order chi connectivity index (χ0) is 91.3. The third kappa shape index (κ3) is 13.8. The van der Waals surface area contributed by atoms with Crippen molar-refractivity contribution in [2.75, 3.05) is 0 Å². The van der Waals surface area contributed by atoms with Crippen LogP contribution in [0.25, 0.3) is 21.9 Å². The maximum atomic E-state index is 11.0. The highest BCUT2D eigenvalue weighted by molar-refractivity contribution is 5.85. The van der Waals surface area contributed by atoms with Crippen molar-refractivity contribution in [3.05, 3.63) is 356 Å². The van der Waals surface area contributed by atoms with Crippen LogP contribution in [0.1, 0.15) is 246 Å². The Morgan fingerprint density at radius 2 is 0.429 bits per heavy atom. The molecule has 12 heteroatoms. The molecule has 0 saturated carbocycles. The standard InChI is InChI=1S/C31H30O3.C29H28O3.2C27H30O3/c1-16-18(3)30-25(20(5)28(16)32)27(26-21(6)29(33)17(2)19(4)31(26)34-30)24-14-12-23(13-15-24)22-10-8-7-9-11-22;1-14-16(3)28-23(18(5)26(14)30)25(22-12-11-20-9-7-8-10-21(20)13-22)24-19(6)27(31)15(2)17(4)29(24)32-28;1-12-9-10-20(11-13(12)2)23-21-18(7)24(28)14(3)16(5)26(21)30-27-17(6)15(4)25(29)19(8)22(23)27;1-12-10-9-11-20(13(12)2)23-21-18(7)24(28)14(3)16(5)26(21)30-27-17(6)15(4)25(29)19(8)22(23)27/h7-15,27,32-33H,1-6H3;7-13,25,30-31H,1-6H3;2*9-11,23,28-29H,1-8H3. The van der Waals surface area contributed by atoms with Gasteiger partial charge in [0.1, 0.15) is 92.0 Å². The van der Waals surface area contributed by atoms with Gasteiger partial charge in [0.05, 0.1) is 0 Å². The summed E-state index contributed by atoms with van der Waals surface area (Å²) < 4.78 is 26.3. The Morgan fingerprint density at radius 3 is 0.738 bits per heavy atom. The molecule has 646 valence electrons. The van der Waals surface area contributed by atoms with Crippen LogP contribution in [0.15, 0.2) is 133 Å². The average Bonchev–Trinajstić information content (AvgIpc) is 0.730. The van der Waals surface area contributed by atoms with Gasteiger partial charge < -0.3 is 59.8 Å². The molecule has 4 aliphatic heterocycles. The van der Waals surface area contributed by atoms with Gasteiger partial charge in [0.15, 0.2) is 0 Å². The molecule has 18 rings (SSSR count). The second-order valence-corrected chi connectivity index (χ2v) is 36.1. The van der Waals surface area contributed by atoms with E-state index in [0.717, 1.165) is 252 Å². The second kappa shape index (κ2) is 32.8. The van der Waals surface area contributed by atoms with Crippen molar-refractivity contribution in [3.63, 3.8) is 0 Å². The fourth-order valence-corrected chi connectivity index (χ4v) is 20.1. The van der Waals surface area contributed by atoms with Gasteiger partial charge in [-0.25, -0.2) is 0 Å². The van der Waals surface area contributed by atoms with Crippen LogP contribution in [-0.4, -0.2) is 40.9 Å². The Balaban J connectivity index is 0.000000130.